The van der Waals surface area contributed by atoms with Crippen LogP contribution in [0.3, 0.4) is 0 Å². The van der Waals surface area contributed by atoms with Gasteiger partial charge in [-0.25, -0.2) is 0 Å². The Morgan fingerprint density at radius 3 is 2.92 bits per heavy atom. The lowest BCUT2D eigenvalue weighted by Gasteiger charge is -2.33. The maximum absolute atomic E-state index is 12.2. The fourth-order valence-corrected chi connectivity index (χ4v) is 3.43. The summed E-state index contributed by atoms with van der Waals surface area (Å²) < 4.78 is 0. The summed E-state index contributed by atoms with van der Waals surface area (Å²) in [6.45, 7) is 5.20. The summed E-state index contributed by atoms with van der Waals surface area (Å²) in [6.07, 6.45) is 4.05. The van der Waals surface area contributed by atoms with E-state index in [0.717, 1.165) is 24.0 Å². The number of carbonyl (C=O) groups excluding carboxylic acids is 2. The average molecular weight is 357 g/mol. The van der Waals surface area contributed by atoms with Crippen LogP contribution in [-0.4, -0.2) is 59.1 Å². The zero-order valence-electron chi connectivity index (χ0n) is 15.3. The van der Waals surface area contributed by atoms with E-state index in [4.69, 9.17) is 0 Å². The third kappa shape index (κ3) is 4.60. The van der Waals surface area contributed by atoms with Crippen LogP contribution >= 0.6 is 0 Å². The predicted octanol–water partition coefficient (Wildman–Crippen LogP) is 1.67. The second-order valence-electron chi connectivity index (χ2n) is 6.85. The summed E-state index contributed by atoms with van der Waals surface area (Å²) in [4.78, 5) is 26.6. The van der Waals surface area contributed by atoms with E-state index in [1.54, 1.807) is 0 Å². The zero-order chi connectivity index (χ0) is 18.4. The third-order valence-electron chi connectivity index (χ3n) is 4.98. The van der Waals surface area contributed by atoms with Crippen LogP contribution in [-0.2, 0) is 4.79 Å². The van der Waals surface area contributed by atoms with E-state index in [1.807, 2.05) is 24.3 Å². The average Bonchev–Trinajstić information content (AvgIpc) is 3.07. The molecule has 0 radical (unpaired) electrons. The molecule has 7 nitrogen and oxygen atoms in total. The first-order valence-corrected chi connectivity index (χ1v) is 9.37. The molecule has 1 unspecified atom stereocenters. The highest BCUT2D eigenvalue weighted by atomic mass is 16.2. The Hall–Kier alpha value is -2.41. The molecule has 3 rings (SSSR count). The molecule has 0 spiro atoms. The topological polar surface area (TPSA) is 90.1 Å². The Kier molecular flexibility index (Phi) is 6.22. The third-order valence-corrected chi connectivity index (χ3v) is 4.98. The zero-order valence-corrected chi connectivity index (χ0v) is 15.3. The van der Waals surface area contributed by atoms with Crippen LogP contribution in [0.15, 0.2) is 24.3 Å². The van der Waals surface area contributed by atoms with E-state index < -0.39 is 0 Å². The van der Waals surface area contributed by atoms with E-state index in [1.165, 1.54) is 19.3 Å². The van der Waals surface area contributed by atoms with E-state index >= 15 is 0 Å². The molecule has 1 aliphatic heterocycles. The number of fused-ring (bicyclic) bond motifs is 1. The van der Waals surface area contributed by atoms with Gasteiger partial charge in [-0.05, 0) is 32.4 Å². The lowest BCUT2D eigenvalue weighted by Crippen LogP contribution is -2.42. The van der Waals surface area contributed by atoms with Gasteiger partial charge < -0.3 is 10.6 Å². The Morgan fingerprint density at radius 2 is 2.08 bits per heavy atom. The Morgan fingerprint density at radius 1 is 1.23 bits per heavy atom. The highest BCUT2D eigenvalue weighted by Gasteiger charge is 2.17. The quantitative estimate of drug-likeness (QED) is 0.703. The molecular weight excluding hydrogens is 330 g/mol. The first kappa shape index (κ1) is 18.4. The van der Waals surface area contributed by atoms with Crippen molar-refractivity contribution in [2.75, 3.05) is 26.2 Å². The molecular formula is C19H27N5O2. The first-order chi connectivity index (χ1) is 12.6. The van der Waals surface area contributed by atoms with Gasteiger partial charge in [0.05, 0.1) is 5.52 Å². The van der Waals surface area contributed by atoms with Crippen molar-refractivity contribution in [3.63, 3.8) is 0 Å². The number of aromatic nitrogens is 2. The number of para-hydroxylation sites is 1. The number of piperidine rings is 1. The van der Waals surface area contributed by atoms with Gasteiger partial charge >= 0.3 is 0 Å². The van der Waals surface area contributed by atoms with Gasteiger partial charge in [0.25, 0.3) is 5.91 Å². The maximum atomic E-state index is 12.2. The molecule has 0 bridgehead atoms. The summed E-state index contributed by atoms with van der Waals surface area (Å²) >= 11 is 0. The van der Waals surface area contributed by atoms with Crippen molar-refractivity contribution < 1.29 is 9.59 Å². The molecule has 0 aliphatic carbocycles. The van der Waals surface area contributed by atoms with Gasteiger partial charge in [0.15, 0.2) is 5.69 Å². The Labute approximate surface area is 153 Å². The molecule has 1 atom stereocenters. The van der Waals surface area contributed by atoms with Crippen LogP contribution in [0.2, 0.25) is 0 Å². The number of aromatic amines is 1. The summed E-state index contributed by atoms with van der Waals surface area (Å²) in [5, 5.41) is 13.4. The molecule has 7 heteroatoms. The van der Waals surface area contributed by atoms with E-state index in [-0.39, 0.29) is 18.2 Å². The number of carbonyl (C=O) groups is 2. The van der Waals surface area contributed by atoms with Gasteiger partial charge in [-0.1, -0.05) is 24.6 Å². The molecule has 26 heavy (non-hydrogen) atoms. The number of likely N-dealkylation sites (tertiary alicyclic amines) is 1. The van der Waals surface area contributed by atoms with Crippen molar-refractivity contribution in [3.05, 3.63) is 30.0 Å². The number of benzene rings is 1. The van der Waals surface area contributed by atoms with Crippen LogP contribution in [0.1, 0.15) is 43.1 Å². The standard InChI is InChI=1S/C19H27N5O2/c1-14-6-4-5-12-24(14)13-11-20-17(25)9-10-21-19(26)18-15-7-2-3-8-16(15)22-23-18/h2-3,7-8,14H,4-6,9-13H2,1H3,(H,20,25)(H,21,26)(H,22,23). The van der Waals surface area contributed by atoms with E-state index in [2.05, 4.69) is 32.7 Å². The number of nitrogens with one attached hydrogen (secondary N) is 3. The number of rotatable bonds is 7. The van der Waals surface area contributed by atoms with Crippen molar-refractivity contribution in [3.8, 4) is 0 Å². The minimum Gasteiger partial charge on any atom is -0.355 e. The van der Waals surface area contributed by atoms with Crippen molar-refractivity contribution in [1.82, 2.24) is 25.7 Å². The molecule has 1 aromatic carbocycles. The number of H-pyrrole nitrogens is 1. The van der Waals surface area contributed by atoms with Gasteiger partial charge in [-0.2, -0.15) is 5.10 Å². The summed E-state index contributed by atoms with van der Waals surface area (Å²) in [6, 6.07) is 8.07. The van der Waals surface area contributed by atoms with Crippen LogP contribution in [0, 0.1) is 0 Å². The molecule has 2 amide bonds. The van der Waals surface area contributed by atoms with E-state index in [0.29, 0.717) is 24.8 Å². The molecule has 0 saturated carbocycles. The minimum absolute atomic E-state index is 0.0400. The number of hydrogen-bond donors (Lipinski definition) is 3. The second-order valence-corrected chi connectivity index (χ2v) is 6.85. The van der Waals surface area contributed by atoms with Crippen LogP contribution in [0.4, 0.5) is 0 Å². The van der Waals surface area contributed by atoms with Gasteiger partial charge in [-0.15, -0.1) is 0 Å². The summed E-state index contributed by atoms with van der Waals surface area (Å²) in [5.41, 5.74) is 1.18. The molecule has 1 saturated heterocycles. The van der Waals surface area contributed by atoms with Gasteiger partial charge in [0.1, 0.15) is 0 Å². The molecule has 1 fully saturated rings. The number of amides is 2. The van der Waals surface area contributed by atoms with Crippen molar-refractivity contribution in [2.24, 2.45) is 0 Å². The lowest BCUT2D eigenvalue weighted by atomic mass is 10.0. The van der Waals surface area contributed by atoms with Gasteiger partial charge in [0, 0.05) is 37.5 Å². The smallest absolute Gasteiger partial charge is 0.272 e. The largest absolute Gasteiger partial charge is 0.355 e. The SMILES string of the molecule is CC1CCCCN1CCNC(=O)CCNC(=O)c1n[nH]c2ccccc12. The minimum atomic E-state index is -0.266. The van der Waals surface area contributed by atoms with Crippen LogP contribution in [0.25, 0.3) is 10.9 Å². The molecule has 1 aromatic heterocycles. The van der Waals surface area contributed by atoms with Crippen LogP contribution in [0.5, 0.6) is 0 Å². The fraction of sp³-hybridized carbons (Fsp3) is 0.526. The monoisotopic (exact) mass is 357 g/mol. The lowest BCUT2D eigenvalue weighted by molar-refractivity contribution is -0.121. The predicted molar refractivity (Wildman–Crippen MR) is 101 cm³/mol. The van der Waals surface area contributed by atoms with Crippen molar-refractivity contribution in [2.45, 2.75) is 38.6 Å². The number of nitrogens with zero attached hydrogens (tertiary/aromatic N) is 2. The Balaban J connectivity index is 1.36. The normalized spacial score (nSPS) is 18.0. The molecule has 140 valence electrons. The van der Waals surface area contributed by atoms with Crippen LogP contribution < -0.4 is 10.6 Å². The van der Waals surface area contributed by atoms with Gasteiger partial charge in [-0.3, -0.25) is 19.6 Å². The van der Waals surface area contributed by atoms with Gasteiger partial charge in [0.2, 0.25) is 5.91 Å². The first-order valence-electron chi connectivity index (χ1n) is 9.37. The van der Waals surface area contributed by atoms with E-state index in [9.17, 15) is 9.59 Å². The molecule has 3 N–H and O–H groups in total. The fourth-order valence-electron chi connectivity index (χ4n) is 3.43. The highest BCUT2D eigenvalue weighted by Crippen LogP contribution is 2.15. The second kappa shape index (κ2) is 8.80. The molecule has 2 heterocycles. The summed E-state index contributed by atoms with van der Waals surface area (Å²) in [7, 11) is 0. The maximum Gasteiger partial charge on any atom is 0.272 e. The van der Waals surface area contributed by atoms with Crippen molar-refractivity contribution >= 4 is 22.7 Å². The number of hydrogen-bond acceptors (Lipinski definition) is 4. The summed E-state index contributed by atoms with van der Waals surface area (Å²) in [5.74, 6) is -0.306. The Bertz CT molecular complexity index is 757. The highest BCUT2D eigenvalue weighted by molar-refractivity contribution is 6.04. The molecule has 2 aromatic rings. The van der Waals surface area contributed by atoms with Crippen molar-refractivity contribution in [1.29, 1.82) is 0 Å². The molecule has 1 aliphatic rings.